The zero-order valence-corrected chi connectivity index (χ0v) is 15.8. The van der Waals surface area contributed by atoms with E-state index in [2.05, 4.69) is 21.8 Å². The first-order valence-corrected chi connectivity index (χ1v) is 9.30. The molecule has 0 amide bonds. The van der Waals surface area contributed by atoms with Gasteiger partial charge in [0.2, 0.25) is 0 Å². The number of rotatable bonds is 0. The number of aromatic nitrogens is 3. The van der Waals surface area contributed by atoms with Gasteiger partial charge in [-0.3, -0.25) is 9.36 Å². The van der Waals surface area contributed by atoms with Gasteiger partial charge in [-0.1, -0.05) is 18.9 Å². The number of benzene rings is 1. The van der Waals surface area contributed by atoms with Crippen molar-refractivity contribution in [1.29, 1.82) is 0 Å². The number of hydrogen-bond acceptors (Lipinski definition) is 3. The van der Waals surface area contributed by atoms with Gasteiger partial charge in [-0.2, -0.15) is 13.2 Å². The van der Waals surface area contributed by atoms with E-state index in [1.54, 1.807) is 36.5 Å². The lowest BCUT2D eigenvalue weighted by atomic mass is 9.82. The minimum Gasteiger partial charge on any atom is -0.296 e. The Hall–Kier alpha value is -3.14. The Morgan fingerprint density at radius 2 is 1.97 bits per heavy atom. The van der Waals surface area contributed by atoms with Crippen LogP contribution in [-0.4, -0.2) is 20.7 Å². The molecule has 1 aliphatic rings. The first-order valence-electron chi connectivity index (χ1n) is 9.30. The molecule has 1 aliphatic heterocycles. The lowest BCUT2D eigenvalue weighted by Gasteiger charge is -2.30. The van der Waals surface area contributed by atoms with Crippen molar-refractivity contribution in [3.8, 4) is 11.8 Å². The highest BCUT2D eigenvalue weighted by Gasteiger charge is 2.51. The summed E-state index contributed by atoms with van der Waals surface area (Å²) in [5, 5.41) is 0.382. The molecule has 148 valence electrons. The molecule has 3 heterocycles. The molecule has 0 spiro atoms. The number of aryl methyl sites for hydroxylation is 1. The van der Waals surface area contributed by atoms with E-state index in [1.165, 1.54) is 11.5 Å². The zero-order chi connectivity index (χ0) is 20.6. The molecule has 1 aromatic carbocycles. The highest BCUT2D eigenvalue weighted by atomic mass is 19.4. The molecule has 3 aromatic rings. The van der Waals surface area contributed by atoms with Gasteiger partial charge in [0.15, 0.2) is 0 Å². The van der Waals surface area contributed by atoms with Crippen molar-refractivity contribution in [3.63, 3.8) is 0 Å². The van der Waals surface area contributed by atoms with Crippen LogP contribution in [0.2, 0.25) is 0 Å². The largest absolute Gasteiger partial charge is 0.394 e. The van der Waals surface area contributed by atoms with Crippen LogP contribution in [0.4, 0.5) is 13.2 Å². The van der Waals surface area contributed by atoms with Gasteiger partial charge >= 0.3 is 6.18 Å². The number of nitrogens with zero attached hydrogens (tertiary/aromatic N) is 3. The minimum atomic E-state index is -4.31. The summed E-state index contributed by atoms with van der Waals surface area (Å²) in [6, 6.07) is 10.5. The lowest BCUT2D eigenvalue weighted by Crippen LogP contribution is -2.35. The second kappa shape index (κ2) is 7.03. The molecule has 2 aromatic heterocycles. The number of pyridine rings is 1. The molecule has 0 bridgehead atoms. The molecule has 7 heteroatoms. The topological polar surface area (TPSA) is 47.8 Å². The van der Waals surface area contributed by atoms with Crippen LogP contribution in [0, 0.1) is 17.3 Å². The Morgan fingerprint density at radius 1 is 1.14 bits per heavy atom. The van der Waals surface area contributed by atoms with Gasteiger partial charge in [-0.15, -0.1) is 0 Å². The molecule has 0 aliphatic carbocycles. The van der Waals surface area contributed by atoms with Crippen molar-refractivity contribution in [1.82, 2.24) is 14.5 Å². The quantitative estimate of drug-likeness (QED) is 0.537. The normalized spacial score (nSPS) is 19.2. The predicted octanol–water partition coefficient (Wildman–Crippen LogP) is 4.10. The second-order valence-electron chi connectivity index (χ2n) is 7.49. The predicted molar refractivity (Wildman–Crippen MR) is 103 cm³/mol. The van der Waals surface area contributed by atoms with Crippen LogP contribution < -0.4 is 5.56 Å². The summed E-state index contributed by atoms with van der Waals surface area (Å²) < 4.78 is 41.8. The van der Waals surface area contributed by atoms with E-state index >= 15 is 0 Å². The third-order valence-electron chi connectivity index (χ3n) is 5.51. The lowest BCUT2D eigenvalue weighted by molar-refractivity contribution is -0.222. The summed E-state index contributed by atoms with van der Waals surface area (Å²) in [5.41, 5.74) is -0.397. The highest BCUT2D eigenvalue weighted by Crippen LogP contribution is 2.45. The molecule has 0 fully saturated rings. The van der Waals surface area contributed by atoms with E-state index < -0.39 is 11.6 Å². The van der Waals surface area contributed by atoms with Crippen LogP contribution in [0.5, 0.6) is 0 Å². The maximum absolute atomic E-state index is 13.5. The highest BCUT2D eigenvalue weighted by molar-refractivity contribution is 5.79. The fraction of sp³-hybridized carbons (Fsp3) is 0.318. The summed E-state index contributed by atoms with van der Waals surface area (Å²) in [7, 11) is 0. The van der Waals surface area contributed by atoms with E-state index in [0.717, 1.165) is 0 Å². The summed E-state index contributed by atoms with van der Waals surface area (Å²) in [6.07, 6.45) is -2.79. The van der Waals surface area contributed by atoms with Gasteiger partial charge in [0, 0.05) is 24.7 Å². The molecule has 0 N–H and O–H groups in total. The third-order valence-corrected chi connectivity index (χ3v) is 5.51. The SMILES string of the molecule is CC1(C(F)(F)F)CCc2nc3cc(C#Cc4ccccn4)ccc3c(=O)n2CC1. The zero-order valence-electron chi connectivity index (χ0n) is 15.8. The Morgan fingerprint density at radius 3 is 2.69 bits per heavy atom. The molecule has 4 nitrogen and oxygen atoms in total. The van der Waals surface area contributed by atoms with Crippen LogP contribution in [0.15, 0.2) is 47.4 Å². The fourth-order valence-corrected chi connectivity index (χ4v) is 3.49. The van der Waals surface area contributed by atoms with Gasteiger partial charge in [-0.05, 0) is 49.1 Å². The molecule has 29 heavy (non-hydrogen) atoms. The first-order chi connectivity index (χ1) is 13.8. The van der Waals surface area contributed by atoms with Gasteiger partial charge in [0.25, 0.3) is 5.56 Å². The molecule has 1 atom stereocenters. The van der Waals surface area contributed by atoms with E-state index in [0.29, 0.717) is 28.0 Å². The van der Waals surface area contributed by atoms with Crippen LogP contribution in [-0.2, 0) is 13.0 Å². The van der Waals surface area contributed by atoms with E-state index in [9.17, 15) is 18.0 Å². The minimum absolute atomic E-state index is 0.00828. The van der Waals surface area contributed by atoms with Crippen LogP contribution in [0.1, 0.15) is 36.8 Å². The Labute approximate surface area is 165 Å². The Bertz CT molecular complexity index is 1190. The van der Waals surface area contributed by atoms with Gasteiger partial charge in [0.05, 0.1) is 16.3 Å². The number of fused-ring (bicyclic) bond motifs is 2. The standard InChI is InChI=1S/C22H18F3N3O/c1-21(22(23,24)25)10-9-19-27-18-14-15(5-7-16-4-2-3-12-26-16)6-8-17(18)20(29)28(19)13-11-21/h2-4,6,8,12,14H,9-11,13H2,1H3. The molecular weight excluding hydrogens is 379 g/mol. The Kier molecular flexibility index (Phi) is 4.65. The molecule has 4 rings (SSSR count). The maximum Gasteiger partial charge on any atom is 0.394 e. The summed E-state index contributed by atoms with van der Waals surface area (Å²) in [4.78, 5) is 21.5. The fourth-order valence-electron chi connectivity index (χ4n) is 3.49. The van der Waals surface area contributed by atoms with Crippen molar-refractivity contribution in [2.75, 3.05) is 0 Å². The molecular formula is C22H18F3N3O. The van der Waals surface area contributed by atoms with E-state index in [4.69, 9.17) is 0 Å². The summed E-state index contributed by atoms with van der Waals surface area (Å²) >= 11 is 0. The van der Waals surface area contributed by atoms with Crippen molar-refractivity contribution < 1.29 is 13.2 Å². The molecule has 1 unspecified atom stereocenters. The van der Waals surface area contributed by atoms with E-state index in [-0.39, 0.29) is 31.4 Å². The van der Waals surface area contributed by atoms with Crippen LogP contribution in [0.3, 0.4) is 0 Å². The van der Waals surface area contributed by atoms with Gasteiger partial charge in [0.1, 0.15) is 11.5 Å². The number of hydrogen-bond donors (Lipinski definition) is 0. The first kappa shape index (κ1) is 19.2. The van der Waals surface area contributed by atoms with Crippen molar-refractivity contribution >= 4 is 10.9 Å². The summed E-state index contributed by atoms with van der Waals surface area (Å²) in [6.45, 7) is 1.23. The average Bonchev–Trinajstić information content (AvgIpc) is 2.87. The molecule has 0 radical (unpaired) electrons. The number of alkyl halides is 3. The van der Waals surface area contributed by atoms with Gasteiger partial charge < -0.3 is 0 Å². The van der Waals surface area contributed by atoms with Gasteiger partial charge in [-0.25, -0.2) is 9.97 Å². The van der Waals surface area contributed by atoms with E-state index in [1.807, 2.05) is 6.07 Å². The van der Waals surface area contributed by atoms with Crippen LogP contribution in [0.25, 0.3) is 10.9 Å². The van der Waals surface area contributed by atoms with Crippen LogP contribution >= 0.6 is 0 Å². The molecule has 0 saturated heterocycles. The van der Waals surface area contributed by atoms with Crippen molar-refractivity contribution in [2.45, 2.75) is 38.9 Å². The number of halogens is 3. The third kappa shape index (κ3) is 3.63. The average molecular weight is 397 g/mol. The molecule has 0 saturated carbocycles. The van der Waals surface area contributed by atoms with Crippen molar-refractivity contribution in [3.05, 3.63) is 70.0 Å². The smallest absolute Gasteiger partial charge is 0.296 e. The van der Waals surface area contributed by atoms with Crippen molar-refractivity contribution in [2.24, 2.45) is 5.41 Å². The second-order valence-corrected chi connectivity index (χ2v) is 7.49. The monoisotopic (exact) mass is 397 g/mol. The summed E-state index contributed by atoms with van der Waals surface area (Å²) in [5.74, 6) is 6.32. The Balaban J connectivity index is 1.73. The maximum atomic E-state index is 13.5.